The first-order valence-corrected chi connectivity index (χ1v) is 15.4. The quantitative estimate of drug-likeness (QED) is 0.142. The molecule has 0 spiro atoms. The first-order valence-electron chi connectivity index (χ1n) is 14.2. The molecule has 0 bridgehead atoms. The molecule has 0 radical (unpaired) electrons. The molecule has 0 amide bonds. The number of unbranched alkanes of at least 4 members (excludes halogenated alkanes) is 1. The monoisotopic (exact) mass is 587 g/mol. The highest BCUT2D eigenvalue weighted by Gasteiger charge is 2.25. The zero-order valence-electron chi connectivity index (χ0n) is 24.6. The van der Waals surface area contributed by atoms with Gasteiger partial charge in [-0.25, -0.2) is 4.79 Å². The molecule has 0 unspecified atom stereocenters. The van der Waals surface area contributed by atoms with Crippen LogP contribution < -0.4 is 19.1 Å². The second-order valence-electron chi connectivity index (χ2n) is 10.1. The number of anilines is 1. The van der Waals surface area contributed by atoms with Crippen LogP contribution in [0.15, 0.2) is 65.6 Å². The van der Waals surface area contributed by atoms with Gasteiger partial charge in [0.25, 0.3) is 0 Å². The molecule has 0 atom stereocenters. The second-order valence-corrected chi connectivity index (χ2v) is 11.0. The van der Waals surface area contributed by atoms with E-state index >= 15 is 0 Å². The third-order valence-corrected chi connectivity index (χ3v) is 8.37. The Kier molecular flexibility index (Phi) is 9.45. The molecule has 1 heterocycles. The van der Waals surface area contributed by atoms with Gasteiger partial charge in [-0.05, 0) is 66.1 Å². The van der Waals surface area contributed by atoms with E-state index in [9.17, 15) is 9.90 Å². The number of benzene rings is 4. The number of nitrogens with zero attached hydrogens (tertiary/aromatic N) is 1. The number of methoxy groups -OCH3 is 2. The molecule has 0 aliphatic carbocycles. The highest BCUT2D eigenvalue weighted by molar-refractivity contribution is 7.98. The number of carboxylic acids is 1. The van der Waals surface area contributed by atoms with E-state index in [1.165, 1.54) is 0 Å². The predicted octanol–water partition coefficient (Wildman–Crippen LogP) is 7.63. The fraction of sp³-hybridized carbons (Fsp3) is 0.324. The van der Waals surface area contributed by atoms with E-state index in [1.54, 1.807) is 32.0 Å². The van der Waals surface area contributed by atoms with Crippen molar-refractivity contribution in [1.29, 1.82) is 0 Å². The summed E-state index contributed by atoms with van der Waals surface area (Å²) in [5.74, 6) is 0.958. The lowest BCUT2D eigenvalue weighted by atomic mass is 9.89. The van der Waals surface area contributed by atoms with Gasteiger partial charge in [-0.15, -0.1) is 11.8 Å². The first kappa shape index (κ1) is 29.6. The van der Waals surface area contributed by atoms with Gasteiger partial charge in [0.1, 0.15) is 17.2 Å². The molecule has 5 rings (SSSR count). The minimum absolute atomic E-state index is 0.216. The normalized spacial score (nSPS) is 13.3. The van der Waals surface area contributed by atoms with Crippen molar-refractivity contribution in [3.63, 3.8) is 0 Å². The molecule has 1 aliphatic rings. The average Bonchev–Trinajstić information content (AvgIpc) is 3.04. The minimum Gasteiger partial charge on any atom is -0.497 e. The zero-order chi connectivity index (χ0) is 29.6. The lowest BCUT2D eigenvalue weighted by Gasteiger charge is -2.32. The number of thioether (sulfide) groups is 1. The smallest absolute Gasteiger partial charge is 0.336 e. The van der Waals surface area contributed by atoms with E-state index < -0.39 is 5.97 Å². The Morgan fingerprint density at radius 1 is 0.929 bits per heavy atom. The summed E-state index contributed by atoms with van der Waals surface area (Å²) in [5.41, 5.74) is 4.60. The predicted molar refractivity (Wildman–Crippen MR) is 170 cm³/mol. The molecule has 42 heavy (non-hydrogen) atoms. The third kappa shape index (κ3) is 6.01. The van der Waals surface area contributed by atoms with Crippen LogP contribution in [0.4, 0.5) is 5.69 Å². The molecule has 7 nitrogen and oxygen atoms in total. The van der Waals surface area contributed by atoms with Crippen molar-refractivity contribution in [3.05, 3.63) is 66.2 Å². The highest BCUT2D eigenvalue weighted by atomic mass is 32.2. The number of morpholine rings is 1. The maximum atomic E-state index is 12.7. The molecule has 4 aromatic carbocycles. The van der Waals surface area contributed by atoms with Crippen molar-refractivity contribution in [1.82, 2.24) is 0 Å². The number of ether oxygens (including phenoxy) is 4. The van der Waals surface area contributed by atoms with Gasteiger partial charge in [-0.1, -0.05) is 25.5 Å². The van der Waals surface area contributed by atoms with Gasteiger partial charge in [0.15, 0.2) is 0 Å². The molecule has 1 saturated heterocycles. The van der Waals surface area contributed by atoms with Crippen LogP contribution in [0.3, 0.4) is 0 Å². The highest BCUT2D eigenvalue weighted by Crippen LogP contribution is 2.46. The van der Waals surface area contributed by atoms with Crippen molar-refractivity contribution in [2.75, 3.05) is 58.3 Å². The summed E-state index contributed by atoms with van der Waals surface area (Å²) in [5, 5.41) is 12.1. The molecule has 0 saturated carbocycles. The molecule has 1 fully saturated rings. The van der Waals surface area contributed by atoms with E-state index in [0.29, 0.717) is 55.7 Å². The number of rotatable bonds is 11. The Bertz CT molecular complexity index is 1560. The van der Waals surface area contributed by atoms with E-state index in [1.807, 2.05) is 48.7 Å². The fourth-order valence-corrected chi connectivity index (χ4v) is 5.82. The van der Waals surface area contributed by atoms with Crippen LogP contribution in [0.1, 0.15) is 30.1 Å². The maximum absolute atomic E-state index is 12.7. The molecular weight excluding hydrogens is 550 g/mol. The number of carbonyl (C=O) groups is 1. The van der Waals surface area contributed by atoms with Crippen molar-refractivity contribution in [2.24, 2.45) is 0 Å². The molecule has 220 valence electrons. The van der Waals surface area contributed by atoms with Crippen molar-refractivity contribution >= 4 is 34.2 Å². The SMILES string of the molecule is CCCCOc1cc(C(=O)O)c(-c2ccc(SC)cc2)c2cc(N3CCOCC3)c(-c3ccc(OC)cc3OC)cc12. The first-order chi connectivity index (χ1) is 20.5. The van der Waals surface area contributed by atoms with Gasteiger partial charge in [-0.2, -0.15) is 0 Å². The Hall–Kier alpha value is -3.88. The number of carboxylic acid groups (broad SMARTS) is 1. The summed E-state index contributed by atoms with van der Waals surface area (Å²) in [6.45, 7) is 5.26. The lowest BCUT2D eigenvalue weighted by Crippen LogP contribution is -2.36. The Balaban J connectivity index is 1.86. The van der Waals surface area contributed by atoms with Crippen molar-refractivity contribution < 1.29 is 28.8 Å². The standard InChI is InChI=1S/C34H37NO6S/c1-5-6-15-41-32-21-29(34(36)37)33(22-7-10-24(42-4)11-8-22)28-20-30(35-13-16-40-17-14-35)26(19-27(28)32)25-12-9-23(38-2)18-31(25)39-3/h7-12,18-21H,5-6,13-17H2,1-4H3,(H,36,37). The van der Waals surface area contributed by atoms with Gasteiger partial charge in [0.05, 0.1) is 39.6 Å². The number of aromatic carboxylic acids is 1. The Morgan fingerprint density at radius 2 is 1.69 bits per heavy atom. The van der Waals surface area contributed by atoms with Crippen LogP contribution in [0.25, 0.3) is 33.0 Å². The Labute approximate surface area is 251 Å². The summed E-state index contributed by atoms with van der Waals surface area (Å²) in [6.07, 6.45) is 3.87. The van der Waals surface area contributed by atoms with E-state index in [0.717, 1.165) is 50.9 Å². The summed E-state index contributed by atoms with van der Waals surface area (Å²) < 4.78 is 23.3. The van der Waals surface area contributed by atoms with Crippen LogP contribution in [-0.2, 0) is 4.74 Å². The molecule has 1 aliphatic heterocycles. The van der Waals surface area contributed by atoms with Crippen LogP contribution >= 0.6 is 11.8 Å². The summed E-state index contributed by atoms with van der Waals surface area (Å²) in [4.78, 5) is 16.2. The zero-order valence-corrected chi connectivity index (χ0v) is 25.4. The van der Waals surface area contributed by atoms with E-state index in [4.69, 9.17) is 18.9 Å². The van der Waals surface area contributed by atoms with Crippen molar-refractivity contribution in [2.45, 2.75) is 24.7 Å². The topological polar surface area (TPSA) is 77.5 Å². The van der Waals surface area contributed by atoms with Gasteiger partial charge in [0.2, 0.25) is 0 Å². The van der Waals surface area contributed by atoms with Crippen LogP contribution in [0, 0.1) is 0 Å². The number of hydrogen-bond donors (Lipinski definition) is 1. The summed E-state index contributed by atoms with van der Waals surface area (Å²) >= 11 is 1.65. The Morgan fingerprint density at radius 3 is 2.33 bits per heavy atom. The molecule has 8 heteroatoms. The lowest BCUT2D eigenvalue weighted by molar-refractivity contribution is 0.0697. The maximum Gasteiger partial charge on any atom is 0.336 e. The van der Waals surface area contributed by atoms with Crippen LogP contribution in [-0.4, -0.2) is 64.5 Å². The minimum atomic E-state index is -0.991. The number of fused-ring (bicyclic) bond motifs is 1. The number of hydrogen-bond acceptors (Lipinski definition) is 7. The molecular formula is C34H37NO6S. The third-order valence-electron chi connectivity index (χ3n) is 7.63. The van der Waals surface area contributed by atoms with Crippen molar-refractivity contribution in [3.8, 4) is 39.5 Å². The average molecular weight is 588 g/mol. The fourth-order valence-electron chi connectivity index (χ4n) is 5.41. The van der Waals surface area contributed by atoms with Gasteiger partial charge in [0, 0.05) is 51.8 Å². The summed E-state index contributed by atoms with van der Waals surface area (Å²) in [7, 11) is 3.29. The van der Waals surface area contributed by atoms with E-state index in [2.05, 4.69) is 24.0 Å². The van der Waals surface area contributed by atoms with E-state index in [-0.39, 0.29) is 5.56 Å². The van der Waals surface area contributed by atoms with Crippen LogP contribution in [0.2, 0.25) is 0 Å². The molecule has 0 aromatic heterocycles. The largest absolute Gasteiger partial charge is 0.497 e. The van der Waals surface area contributed by atoms with Gasteiger partial charge in [-0.3, -0.25) is 0 Å². The van der Waals surface area contributed by atoms with Gasteiger partial charge < -0.3 is 29.0 Å². The second kappa shape index (κ2) is 13.4. The summed E-state index contributed by atoms with van der Waals surface area (Å²) in [6, 6.07) is 19.8. The van der Waals surface area contributed by atoms with Crippen LogP contribution in [0.5, 0.6) is 17.2 Å². The van der Waals surface area contributed by atoms with Gasteiger partial charge >= 0.3 is 5.97 Å². The molecule has 4 aromatic rings. The molecule has 1 N–H and O–H groups in total.